The lowest BCUT2D eigenvalue weighted by Crippen LogP contribution is -2.50. The number of carbonyl (C=O) groups is 2. The first-order valence-electron chi connectivity index (χ1n) is 6.18. The van der Waals surface area contributed by atoms with Gasteiger partial charge in [-0.3, -0.25) is 9.59 Å². The second-order valence-electron chi connectivity index (χ2n) is 4.37. The highest BCUT2D eigenvalue weighted by molar-refractivity contribution is 6.02. The Morgan fingerprint density at radius 3 is 2.95 bits per heavy atom. The van der Waals surface area contributed by atoms with Gasteiger partial charge >= 0.3 is 0 Å². The molecule has 1 aromatic rings. The van der Waals surface area contributed by atoms with E-state index in [1.54, 1.807) is 7.05 Å². The Bertz CT molecular complexity index is 505. The highest BCUT2D eigenvalue weighted by Gasteiger charge is 2.25. The van der Waals surface area contributed by atoms with Gasteiger partial charge in [0.15, 0.2) is 0 Å². The third-order valence-electron chi connectivity index (χ3n) is 3.10. The molecule has 6 heteroatoms. The Morgan fingerprint density at radius 1 is 1.47 bits per heavy atom. The molecule has 102 valence electrons. The van der Waals surface area contributed by atoms with Crippen LogP contribution in [0, 0.1) is 5.82 Å². The van der Waals surface area contributed by atoms with Gasteiger partial charge in [-0.25, -0.2) is 4.39 Å². The van der Waals surface area contributed by atoms with Crippen LogP contribution in [0.1, 0.15) is 23.2 Å². The molecule has 1 aliphatic heterocycles. The summed E-state index contributed by atoms with van der Waals surface area (Å²) >= 11 is 0. The predicted octanol–water partition coefficient (Wildman–Crippen LogP) is 0.876. The summed E-state index contributed by atoms with van der Waals surface area (Å²) in [4.78, 5) is 23.7. The molecular weight excluding hydrogens is 249 g/mol. The summed E-state index contributed by atoms with van der Waals surface area (Å²) in [6.07, 6.45) is 1.42. The van der Waals surface area contributed by atoms with Crippen LogP contribution < -0.4 is 16.0 Å². The highest BCUT2D eigenvalue weighted by atomic mass is 19.1. The lowest BCUT2D eigenvalue weighted by atomic mass is 10.1. The van der Waals surface area contributed by atoms with Crippen molar-refractivity contribution in [1.29, 1.82) is 0 Å². The molecule has 19 heavy (non-hydrogen) atoms. The van der Waals surface area contributed by atoms with E-state index in [-0.39, 0.29) is 17.2 Å². The average molecular weight is 265 g/mol. The summed E-state index contributed by atoms with van der Waals surface area (Å²) in [5.41, 5.74) is 0.331. The van der Waals surface area contributed by atoms with Crippen molar-refractivity contribution in [3.05, 3.63) is 29.6 Å². The fraction of sp³-hybridized carbons (Fsp3) is 0.385. The molecule has 1 atom stereocenters. The third-order valence-corrected chi connectivity index (χ3v) is 3.10. The Kier molecular flexibility index (Phi) is 3.99. The number of anilines is 1. The third kappa shape index (κ3) is 2.83. The first-order valence-corrected chi connectivity index (χ1v) is 6.18. The zero-order chi connectivity index (χ0) is 13.8. The minimum atomic E-state index is -0.547. The Balaban J connectivity index is 2.16. The standard InChI is InChI=1S/C13H16FN3O2/c1-15-11-8(4-2-5-9(11)14)12(18)17-10-6-3-7-16-13(10)19/h2,4-5,10,15H,3,6-7H2,1H3,(H,16,19)(H,17,18). The van der Waals surface area contributed by atoms with Gasteiger partial charge in [0.2, 0.25) is 5.91 Å². The van der Waals surface area contributed by atoms with E-state index >= 15 is 0 Å². The van der Waals surface area contributed by atoms with Gasteiger partial charge in [-0.05, 0) is 25.0 Å². The van der Waals surface area contributed by atoms with Crippen molar-refractivity contribution in [3.63, 3.8) is 0 Å². The lowest BCUT2D eigenvalue weighted by Gasteiger charge is -2.23. The molecule has 0 radical (unpaired) electrons. The molecule has 1 saturated heterocycles. The van der Waals surface area contributed by atoms with E-state index in [1.807, 2.05) is 0 Å². The predicted molar refractivity (Wildman–Crippen MR) is 69.4 cm³/mol. The Morgan fingerprint density at radius 2 is 2.26 bits per heavy atom. The summed E-state index contributed by atoms with van der Waals surface area (Å²) in [7, 11) is 1.54. The minimum Gasteiger partial charge on any atom is -0.385 e. The maximum Gasteiger partial charge on any atom is 0.254 e. The molecular formula is C13H16FN3O2. The largest absolute Gasteiger partial charge is 0.385 e. The van der Waals surface area contributed by atoms with E-state index in [1.165, 1.54) is 18.2 Å². The van der Waals surface area contributed by atoms with Gasteiger partial charge < -0.3 is 16.0 Å². The average Bonchev–Trinajstić information content (AvgIpc) is 2.41. The van der Waals surface area contributed by atoms with Crippen molar-refractivity contribution in [2.24, 2.45) is 0 Å². The van der Waals surface area contributed by atoms with Crippen LogP contribution in [0.2, 0.25) is 0 Å². The number of para-hydroxylation sites is 1. The number of hydrogen-bond acceptors (Lipinski definition) is 3. The van der Waals surface area contributed by atoms with Gasteiger partial charge in [0.05, 0.1) is 11.3 Å². The molecule has 3 N–H and O–H groups in total. The summed E-state index contributed by atoms with van der Waals surface area (Å²) in [5.74, 6) is -1.14. The first kappa shape index (κ1) is 13.3. The topological polar surface area (TPSA) is 70.2 Å². The van der Waals surface area contributed by atoms with Crippen molar-refractivity contribution in [2.45, 2.75) is 18.9 Å². The summed E-state index contributed by atoms with van der Waals surface area (Å²) < 4.78 is 13.5. The van der Waals surface area contributed by atoms with Crippen molar-refractivity contribution in [2.75, 3.05) is 18.9 Å². The van der Waals surface area contributed by atoms with Crippen LogP contribution in [0.5, 0.6) is 0 Å². The van der Waals surface area contributed by atoms with Gasteiger partial charge in [0.25, 0.3) is 5.91 Å². The molecule has 0 aliphatic carbocycles. The van der Waals surface area contributed by atoms with Gasteiger partial charge in [0, 0.05) is 13.6 Å². The molecule has 0 saturated carbocycles. The maximum atomic E-state index is 13.5. The molecule has 0 spiro atoms. The quantitative estimate of drug-likeness (QED) is 0.759. The van der Waals surface area contributed by atoms with Crippen molar-refractivity contribution in [1.82, 2.24) is 10.6 Å². The fourth-order valence-electron chi connectivity index (χ4n) is 2.11. The van der Waals surface area contributed by atoms with Crippen LogP contribution in [-0.2, 0) is 4.79 Å². The molecule has 1 fully saturated rings. The zero-order valence-corrected chi connectivity index (χ0v) is 10.6. The van der Waals surface area contributed by atoms with Crippen LogP contribution in [0.4, 0.5) is 10.1 Å². The second-order valence-corrected chi connectivity index (χ2v) is 4.37. The number of benzene rings is 1. The van der Waals surface area contributed by atoms with E-state index < -0.39 is 17.8 Å². The SMILES string of the molecule is CNc1c(F)cccc1C(=O)NC1CCCNC1=O. The Labute approximate surface area is 110 Å². The number of hydrogen-bond donors (Lipinski definition) is 3. The number of rotatable bonds is 3. The molecule has 1 heterocycles. The van der Waals surface area contributed by atoms with Crippen LogP contribution in [-0.4, -0.2) is 31.4 Å². The summed E-state index contributed by atoms with van der Waals surface area (Å²) in [6, 6.07) is 3.71. The van der Waals surface area contributed by atoms with Crippen molar-refractivity contribution in [3.8, 4) is 0 Å². The van der Waals surface area contributed by atoms with Crippen LogP contribution in [0.25, 0.3) is 0 Å². The van der Waals surface area contributed by atoms with Gasteiger partial charge in [-0.15, -0.1) is 0 Å². The lowest BCUT2D eigenvalue weighted by molar-refractivity contribution is -0.124. The van der Waals surface area contributed by atoms with E-state index in [9.17, 15) is 14.0 Å². The molecule has 1 aliphatic rings. The molecule has 1 aromatic carbocycles. The minimum absolute atomic E-state index is 0.135. The van der Waals surface area contributed by atoms with E-state index in [0.717, 1.165) is 6.42 Å². The first-order chi connectivity index (χ1) is 9.13. The maximum absolute atomic E-state index is 13.5. The Hall–Kier alpha value is -2.11. The molecule has 0 bridgehead atoms. The second kappa shape index (κ2) is 5.69. The molecule has 2 rings (SSSR count). The van der Waals surface area contributed by atoms with Crippen LogP contribution in [0.3, 0.4) is 0 Å². The molecule has 1 unspecified atom stereocenters. The van der Waals surface area contributed by atoms with Crippen LogP contribution >= 0.6 is 0 Å². The normalized spacial score (nSPS) is 18.6. The van der Waals surface area contributed by atoms with Crippen molar-refractivity contribution >= 4 is 17.5 Å². The van der Waals surface area contributed by atoms with Crippen LogP contribution in [0.15, 0.2) is 18.2 Å². The van der Waals surface area contributed by atoms with E-state index in [2.05, 4.69) is 16.0 Å². The number of halogens is 1. The fourth-order valence-corrected chi connectivity index (χ4v) is 2.11. The molecule has 2 amide bonds. The number of amides is 2. The number of carbonyl (C=O) groups excluding carboxylic acids is 2. The van der Waals surface area contributed by atoms with Gasteiger partial charge in [-0.2, -0.15) is 0 Å². The zero-order valence-electron chi connectivity index (χ0n) is 10.6. The highest BCUT2D eigenvalue weighted by Crippen LogP contribution is 2.19. The number of piperidine rings is 1. The molecule has 5 nitrogen and oxygen atoms in total. The van der Waals surface area contributed by atoms with E-state index in [0.29, 0.717) is 13.0 Å². The van der Waals surface area contributed by atoms with Gasteiger partial charge in [0.1, 0.15) is 11.9 Å². The smallest absolute Gasteiger partial charge is 0.254 e. The van der Waals surface area contributed by atoms with Crippen molar-refractivity contribution < 1.29 is 14.0 Å². The number of nitrogens with one attached hydrogen (secondary N) is 3. The summed E-state index contributed by atoms with van der Waals surface area (Å²) in [6.45, 7) is 0.632. The monoisotopic (exact) mass is 265 g/mol. The van der Waals surface area contributed by atoms with Gasteiger partial charge in [-0.1, -0.05) is 6.07 Å². The summed E-state index contributed by atoms with van der Waals surface area (Å²) in [5, 5.41) is 7.97. The van der Waals surface area contributed by atoms with E-state index in [4.69, 9.17) is 0 Å². The molecule has 0 aromatic heterocycles.